The monoisotopic (exact) mass is 375 g/mol. The van der Waals surface area contributed by atoms with Crippen LogP contribution >= 0.6 is 15.9 Å². The first kappa shape index (κ1) is 15.3. The number of fused-ring (bicyclic) bond motifs is 3. The molecule has 4 nitrogen and oxygen atoms in total. The Labute approximate surface area is 145 Å². The normalized spacial score (nSPS) is 35.5. The zero-order valence-electron chi connectivity index (χ0n) is 13.6. The van der Waals surface area contributed by atoms with Gasteiger partial charge in [0.15, 0.2) is 5.66 Å². The smallest absolute Gasteiger partial charge is 0.184 e. The largest absolute Gasteiger partial charge is 0.382 e. The summed E-state index contributed by atoms with van der Waals surface area (Å²) >= 11 is 3.61. The molecule has 0 aromatic heterocycles. The third kappa shape index (κ3) is 2.06. The SMILES string of the molecule is CO[C@H]1CC[C@]2(CC1)Cc1ccc(Br)cc1[C@]21N=C(C)C(N)=N1. The summed E-state index contributed by atoms with van der Waals surface area (Å²) in [5.74, 6) is 0.589. The Balaban J connectivity index is 1.86. The minimum Gasteiger partial charge on any atom is -0.382 e. The van der Waals surface area contributed by atoms with Gasteiger partial charge in [0.2, 0.25) is 0 Å². The summed E-state index contributed by atoms with van der Waals surface area (Å²) in [6, 6.07) is 6.52. The lowest BCUT2D eigenvalue weighted by Gasteiger charge is -2.44. The van der Waals surface area contributed by atoms with E-state index in [1.54, 1.807) is 0 Å². The number of hydrogen-bond donors (Lipinski definition) is 1. The van der Waals surface area contributed by atoms with Crippen LogP contribution in [0, 0.1) is 5.41 Å². The van der Waals surface area contributed by atoms with E-state index in [9.17, 15) is 0 Å². The Morgan fingerprint density at radius 2 is 2.00 bits per heavy atom. The van der Waals surface area contributed by atoms with E-state index in [1.165, 1.54) is 11.1 Å². The Morgan fingerprint density at radius 1 is 1.26 bits per heavy atom. The number of aliphatic imine (C=N–C) groups is 2. The van der Waals surface area contributed by atoms with Gasteiger partial charge in [-0.3, -0.25) is 4.99 Å². The second-order valence-corrected chi connectivity index (χ2v) is 7.98. The second kappa shape index (κ2) is 5.15. The quantitative estimate of drug-likeness (QED) is 0.815. The highest BCUT2D eigenvalue weighted by atomic mass is 79.9. The summed E-state index contributed by atoms with van der Waals surface area (Å²) in [6.45, 7) is 1.97. The van der Waals surface area contributed by atoms with Crippen molar-refractivity contribution >= 4 is 27.5 Å². The number of amidine groups is 1. The lowest BCUT2D eigenvalue weighted by atomic mass is 9.65. The van der Waals surface area contributed by atoms with Crippen LogP contribution in [0.5, 0.6) is 0 Å². The highest BCUT2D eigenvalue weighted by molar-refractivity contribution is 9.10. The number of nitrogens with two attached hydrogens (primary N) is 1. The van der Waals surface area contributed by atoms with Gasteiger partial charge in [0, 0.05) is 22.6 Å². The van der Waals surface area contributed by atoms with Gasteiger partial charge in [-0.05, 0) is 56.7 Å². The van der Waals surface area contributed by atoms with Crippen LogP contribution in [0.1, 0.15) is 43.7 Å². The molecular formula is C18H22BrN3O. The number of methoxy groups -OCH3 is 1. The van der Waals surface area contributed by atoms with Crippen molar-refractivity contribution in [3.8, 4) is 0 Å². The predicted octanol–water partition coefficient (Wildman–Crippen LogP) is 3.57. The third-order valence-corrected chi connectivity index (χ3v) is 6.41. The topological polar surface area (TPSA) is 60.0 Å². The van der Waals surface area contributed by atoms with Gasteiger partial charge in [0.1, 0.15) is 5.84 Å². The molecule has 1 heterocycles. The number of hydrogen-bond acceptors (Lipinski definition) is 4. The first-order valence-corrected chi connectivity index (χ1v) is 9.03. The van der Waals surface area contributed by atoms with Crippen LogP contribution in [0.25, 0.3) is 0 Å². The molecule has 23 heavy (non-hydrogen) atoms. The molecular weight excluding hydrogens is 354 g/mol. The molecule has 1 aliphatic heterocycles. The molecule has 0 amide bonds. The molecule has 2 aliphatic carbocycles. The summed E-state index contributed by atoms with van der Waals surface area (Å²) in [7, 11) is 1.81. The molecule has 1 saturated carbocycles. The maximum absolute atomic E-state index is 6.15. The fourth-order valence-electron chi connectivity index (χ4n) is 4.64. The molecule has 1 aromatic carbocycles. The average molecular weight is 376 g/mol. The number of benzene rings is 1. The van der Waals surface area contributed by atoms with Crippen LogP contribution in [0.3, 0.4) is 0 Å². The fraction of sp³-hybridized carbons (Fsp3) is 0.556. The molecule has 1 atom stereocenters. The molecule has 0 bridgehead atoms. The summed E-state index contributed by atoms with van der Waals surface area (Å²) in [4.78, 5) is 9.98. The predicted molar refractivity (Wildman–Crippen MR) is 96.0 cm³/mol. The summed E-state index contributed by atoms with van der Waals surface area (Å²) in [5, 5.41) is 0. The van der Waals surface area contributed by atoms with E-state index < -0.39 is 5.66 Å². The van der Waals surface area contributed by atoms with Crippen LogP contribution in [-0.4, -0.2) is 24.8 Å². The minimum absolute atomic E-state index is 0.0353. The van der Waals surface area contributed by atoms with Crippen molar-refractivity contribution in [2.24, 2.45) is 21.1 Å². The average Bonchev–Trinajstić information content (AvgIpc) is 2.97. The van der Waals surface area contributed by atoms with Crippen LogP contribution < -0.4 is 5.73 Å². The molecule has 0 radical (unpaired) electrons. The van der Waals surface area contributed by atoms with E-state index in [4.69, 9.17) is 20.5 Å². The Kier molecular flexibility index (Phi) is 3.43. The molecule has 2 N–H and O–H groups in total. The molecule has 0 saturated heterocycles. The summed E-state index contributed by atoms with van der Waals surface area (Å²) in [5.41, 5.74) is 9.11. The molecule has 1 fully saturated rings. The lowest BCUT2D eigenvalue weighted by molar-refractivity contribution is -0.000382. The molecule has 122 valence electrons. The van der Waals surface area contributed by atoms with Gasteiger partial charge in [0.05, 0.1) is 11.8 Å². The number of nitrogens with zero attached hydrogens (tertiary/aromatic N) is 2. The van der Waals surface area contributed by atoms with Crippen molar-refractivity contribution in [3.05, 3.63) is 33.8 Å². The van der Waals surface area contributed by atoms with Crippen molar-refractivity contribution in [1.82, 2.24) is 0 Å². The molecule has 1 aromatic rings. The van der Waals surface area contributed by atoms with E-state index in [0.29, 0.717) is 11.9 Å². The molecule has 2 spiro atoms. The molecule has 5 heteroatoms. The first-order valence-electron chi connectivity index (χ1n) is 8.23. The van der Waals surface area contributed by atoms with E-state index in [2.05, 4.69) is 34.1 Å². The zero-order valence-corrected chi connectivity index (χ0v) is 15.2. The van der Waals surface area contributed by atoms with E-state index >= 15 is 0 Å². The standard InChI is InChI=1S/C18H22BrN3O/c1-11-16(20)22-18(21-11)15-9-13(19)4-3-12(15)10-17(18)7-5-14(23-2)6-8-17/h3-4,9,14H,5-8,10H2,1-2H3,(H2,20,22)/t14-,17-,18-/m1/s1. The number of rotatable bonds is 1. The highest BCUT2D eigenvalue weighted by Crippen LogP contribution is 2.61. The van der Waals surface area contributed by atoms with Crippen LogP contribution in [-0.2, 0) is 16.8 Å². The molecule has 3 aliphatic rings. The third-order valence-electron chi connectivity index (χ3n) is 5.92. The maximum Gasteiger partial charge on any atom is 0.184 e. The minimum atomic E-state index is -0.529. The van der Waals surface area contributed by atoms with Gasteiger partial charge < -0.3 is 10.5 Å². The van der Waals surface area contributed by atoms with Gasteiger partial charge in [-0.15, -0.1) is 0 Å². The van der Waals surface area contributed by atoms with Crippen LogP contribution in [0.15, 0.2) is 32.7 Å². The van der Waals surface area contributed by atoms with Gasteiger partial charge in [0.25, 0.3) is 0 Å². The van der Waals surface area contributed by atoms with Crippen molar-refractivity contribution in [3.63, 3.8) is 0 Å². The van der Waals surface area contributed by atoms with Crippen molar-refractivity contribution in [1.29, 1.82) is 0 Å². The van der Waals surface area contributed by atoms with Crippen molar-refractivity contribution < 1.29 is 4.74 Å². The van der Waals surface area contributed by atoms with Gasteiger partial charge in [-0.1, -0.05) is 22.0 Å². The van der Waals surface area contributed by atoms with Gasteiger partial charge in [-0.2, -0.15) is 0 Å². The summed E-state index contributed by atoms with van der Waals surface area (Å²) < 4.78 is 6.66. The van der Waals surface area contributed by atoms with Crippen molar-refractivity contribution in [2.75, 3.05) is 7.11 Å². The zero-order chi connectivity index (χ0) is 16.2. The molecule has 0 unspecified atom stereocenters. The van der Waals surface area contributed by atoms with E-state index in [-0.39, 0.29) is 5.41 Å². The summed E-state index contributed by atoms with van der Waals surface area (Å²) in [6.07, 6.45) is 5.67. The Morgan fingerprint density at radius 3 is 2.61 bits per heavy atom. The van der Waals surface area contributed by atoms with Gasteiger partial charge >= 0.3 is 0 Å². The van der Waals surface area contributed by atoms with Crippen LogP contribution in [0.4, 0.5) is 0 Å². The Hall–Kier alpha value is -1.20. The first-order chi connectivity index (χ1) is 11.0. The maximum atomic E-state index is 6.15. The highest BCUT2D eigenvalue weighted by Gasteiger charge is 2.60. The van der Waals surface area contributed by atoms with Crippen LogP contribution in [0.2, 0.25) is 0 Å². The lowest BCUT2D eigenvalue weighted by Crippen LogP contribution is -2.43. The van der Waals surface area contributed by atoms with E-state index in [1.807, 2.05) is 14.0 Å². The Bertz CT molecular complexity index is 699. The van der Waals surface area contributed by atoms with Gasteiger partial charge in [-0.25, -0.2) is 4.99 Å². The fourth-order valence-corrected chi connectivity index (χ4v) is 5.00. The second-order valence-electron chi connectivity index (χ2n) is 7.06. The number of halogens is 1. The molecule has 4 rings (SSSR count). The van der Waals surface area contributed by atoms with Crippen molar-refractivity contribution in [2.45, 2.75) is 50.8 Å². The van der Waals surface area contributed by atoms with E-state index in [0.717, 1.165) is 42.3 Å². The number of ether oxygens (including phenoxy) is 1.